The Balaban J connectivity index is 2.32. The number of hydrogen-bond donors (Lipinski definition) is 1. The molecule has 0 aromatic carbocycles. The van der Waals surface area contributed by atoms with E-state index in [4.69, 9.17) is 0 Å². The van der Waals surface area contributed by atoms with E-state index in [-0.39, 0.29) is 0 Å². The maximum atomic E-state index is 3.50. The van der Waals surface area contributed by atoms with Crippen molar-refractivity contribution in [1.82, 2.24) is 10.2 Å². The van der Waals surface area contributed by atoms with Crippen LogP contribution in [0.2, 0.25) is 0 Å². The number of nitrogens with zero attached hydrogens (tertiary/aromatic N) is 1. The second-order valence-corrected chi connectivity index (χ2v) is 4.80. The van der Waals surface area contributed by atoms with Crippen LogP contribution in [0.4, 0.5) is 0 Å². The van der Waals surface area contributed by atoms with E-state index in [9.17, 15) is 0 Å². The fraction of sp³-hybridized carbons (Fsp3) is 1.00. The number of rotatable bonds is 4. The Hall–Kier alpha value is -0.0800. The van der Waals surface area contributed by atoms with Gasteiger partial charge in [-0.05, 0) is 25.8 Å². The molecule has 84 valence electrons. The summed E-state index contributed by atoms with van der Waals surface area (Å²) < 4.78 is 0. The lowest BCUT2D eigenvalue weighted by Gasteiger charge is -2.28. The molecule has 14 heavy (non-hydrogen) atoms. The zero-order valence-corrected chi connectivity index (χ0v) is 10.1. The molecular weight excluding hydrogens is 172 g/mol. The summed E-state index contributed by atoms with van der Waals surface area (Å²) in [4.78, 5) is 2.65. The Bertz CT molecular complexity index is 147. The second kappa shape index (κ2) is 6.41. The first kappa shape index (κ1) is 12.0. The Labute approximate surface area is 89.1 Å². The molecule has 1 aliphatic rings. The lowest BCUT2D eigenvalue weighted by Crippen LogP contribution is -2.37. The van der Waals surface area contributed by atoms with Crippen LogP contribution in [0.5, 0.6) is 0 Å². The van der Waals surface area contributed by atoms with Crippen molar-refractivity contribution >= 4 is 0 Å². The SMILES string of the molecule is CCCCC(C)N1CCNCC(C)C1. The zero-order chi connectivity index (χ0) is 10.4. The van der Waals surface area contributed by atoms with Crippen molar-refractivity contribution in [3.05, 3.63) is 0 Å². The van der Waals surface area contributed by atoms with Crippen LogP contribution in [0.25, 0.3) is 0 Å². The quantitative estimate of drug-likeness (QED) is 0.744. The van der Waals surface area contributed by atoms with Crippen molar-refractivity contribution in [3.63, 3.8) is 0 Å². The molecule has 2 unspecified atom stereocenters. The maximum absolute atomic E-state index is 3.50. The van der Waals surface area contributed by atoms with Crippen molar-refractivity contribution in [2.45, 2.75) is 46.1 Å². The van der Waals surface area contributed by atoms with Gasteiger partial charge in [0.05, 0.1) is 0 Å². The van der Waals surface area contributed by atoms with Gasteiger partial charge in [-0.2, -0.15) is 0 Å². The van der Waals surface area contributed by atoms with Gasteiger partial charge in [0.15, 0.2) is 0 Å². The Morgan fingerprint density at radius 3 is 3.00 bits per heavy atom. The average molecular weight is 198 g/mol. The van der Waals surface area contributed by atoms with Gasteiger partial charge in [-0.25, -0.2) is 0 Å². The molecule has 1 saturated heterocycles. The lowest BCUT2D eigenvalue weighted by atomic mass is 10.1. The topological polar surface area (TPSA) is 15.3 Å². The average Bonchev–Trinajstić information content (AvgIpc) is 2.39. The molecule has 0 bridgehead atoms. The minimum Gasteiger partial charge on any atom is -0.315 e. The fourth-order valence-corrected chi connectivity index (χ4v) is 2.21. The molecule has 0 saturated carbocycles. The summed E-state index contributed by atoms with van der Waals surface area (Å²) in [7, 11) is 0. The van der Waals surface area contributed by atoms with E-state index in [0.29, 0.717) is 0 Å². The third kappa shape index (κ3) is 3.97. The molecule has 2 atom stereocenters. The van der Waals surface area contributed by atoms with Crippen molar-refractivity contribution in [3.8, 4) is 0 Å². The first-order chi connectivity index (χ1) is 6.74. The van der Waals surface area contributed by atoms with Crippen molar-refractivity contribution in [2.75, 3.05) is 26.2 Å². The van der Waals surface area contributed by atoms with Gasteiger partial charge in [-0.1, -0.05) is 26.7 Å². The molecule has 1 heterocycles. The van der Waals surface area contributed by atoms with Gasteiger partial charge in [0.25, 0.3) is 0 Å². The summed E-state index contributed by atoms with van der Waals surface area (Å²) in [5.41, 5.74) is 0. The van der Waals surface area contributed by atoms with Crippen LogP contribution in [-0.4, -0.2) is 37.1 Å². The highest BCUT2D eigenvalue weighted by atomic mass is 15.2. The predicted molar refractivity (Wildman–Crippen MR) is 62.6 cm³/mol. The highest BCUT2D eigenvalue weighted by molar-refractivity contribution is 4.75. The summed E-state index contributed by atoms with van der Waals surface area (Å²) in [6.07, 6.45) is 4.06. The number of unbranched alkanes of at least 4 members (excludes halogenated alkanes) is 1. The van der Waals surface area contributed by atoms with E-state index >= 15 is 0 Å². The molecular formula is C12H26N2. The normalized spacial score (nSPS) is 27.2. The molecule has 2 nitrogen and oxygen atoms in total. The summed E-state index contributed by atoms with van der Waals surface area (Å²) in [5.74, 6) is 0.807. The van der Waals surface area contributed by atoms with Gasteiger partial charge in [-0.15, -0.1) is 0 Å². The fourth-order valence-electron chi connectivity index (χ4n) is 2.21. The molecule has 0 aromatic rings. The first-order valence-corrected chi connectivity index (χ1v) is 6.18. The van der Waals surface area contributed by atoms with E-state index < -0.39 is 0 Å². The molecule has 1 fully saturated rings. The maximum Gasteiger partial charge on any atom is 0.0110 e. The summed E-state index contributed by atoms with van der Waals surface area (Å²) in [6, 6.07) is 0.775. The summed E-state index contributed by atoms with van der Waals surface area (Å²) in [6.45, 7) is 11.9. The van der Waals surface area contributed by atoms with Gasteiger partial charge >= 0.3 is 0 Å². The molecule has 1 N–H and O–H groups in total. The van der Waals surface area contributed by atoms with Crippen LogP contribution >= 0.6 is 0 Å². The molecule has 0 aliphatic carbocycles. The van der Waals surface area contributed by atoms with E-state index in [1.807, 2.05) is 0 Å². The molecule has 0 spiro atoms. The van der Waals surface area contributed by atoms with Gasteiger partial charge < -0.3 is 5.32 Å². The van der Waals surface area contributed by atoms with E-state index in [1.54, 1.807) is 0 Å². The lowest BCUT2D eigenvalue weighted by molar-refractivity contribution is 0.191. The molecule has 1 rings (SSSR count). The van der Waals surface area contributed by atoms with Crippen molar-refractivity contribution < 1.29 is 0 Å². The monoisotopic (exact) mass is 198 g/mol. The Kier molecular flexibility index (Phi) is 5.49. The summed E-state index contributed by atoms with van der Waals surface area (Å²) in [5, 5.41) is 3.50. The van der Waals surface area contributed by atoms with Crippen molar-refractivity contribution in [2.24, 2.45) is 5.92 Å². The van der Waals surface area contributed by atoms with Gasteiger partial charge in [0.1, 0.15) is 0 Å². The van der Waals surface area contributed by atoms with Gasteiger partial charge in [-0.3, -0.25) is 4.90 Å². The van der Waals surface area contributed by atoms with Crippen molar-refractivity contribution in [1.29, 1.82) is 0 Å². The van der Waals surface area contributed by atoms with E-state index in [2.05, 4.69) is 31.0 Å². The largest absolute Gasteiger partial charge is 0.315 e. The molecule has 0 radical (unpaired) electrons. The number of hydrogen-bond acceptors (Lipinski definition) is 2. The van der Waals surface area contributed by atoms with Crippen LogP contribution in [0.1, 0.15) is 40.0 Å². The second-order valence-electron chi connectivity index (χ2n) is 4.80. The van der Waals surface area contributed by atoms with Crippen LogP contribution in [0.3, 0.4) is 0 Å². The zero-order valence-electron chi connectivity index (χ0n) is 10.1. The highest BCUT2D eigenvalue weighted by Gasteiger charge is 2.18. The van der Waals surface area contributed by atoms with Crippen LogP contribution in [0, 0.1) is 5.92 Å². The highest BCUT2D eigenvalue weighted by Crippen LogP contribution is 2.11. The minimum absolute atomic E-state index is 0.775. The Morgan fingerprint density at radius 2 is 2.29 bits per heavy atom. The third-order valence-electron chi connectivity index (χ3n) is 3.21. The smallest absolute Gasteiger partial charge is 0.0110 e. The Morgan fingerprint density at radius 1 is 1.50 bits per heavy atom. The molecule has 0 aromatic heterocycles. The first-order valence-electron chi connectivity index (χ1n) is 6.18. The van der Waals surface area contributed by atoms with E-state index in [1.165, 1.54) is 45.4 Å². The number of nitrogens with one attached hydrogen (secondary N) is 1. The van der Waals surface area contributed by atoms with Gasteiger partial charge in [0, 0.05) is 25.7 Å². The molecule has 0 amide bonds. The van der Waals surface area contributed by atoms with Crippen LogP contribution < -0.4 is 5.32 Å². The molecule has 2 heteroatoms. The molecule has 1 aliphatic heterocycles. The summed E-state index contributed by atoms with van der Waals surface area (Å²) >= 11 is 0. The predicted octanol–water partition coefficient (Wildman–Crippen LogP) is 2.11. The van der Waals surface area contributed by atoms with Crippen LogP contribution in [0.15, 0.2) is 0 Å². The van der Waals surface area contributed by atoms with Crippen LogP contribution in [-0.2, 0) is 0 Å². The standard InChI is InChI=1S/C12H26N2/c1-4-5-6-12(3)14-8-7-13-9-11(2)10-14/h11-13H,4-10H2,1-3H3. The minimum atomic E-state index is 0.775. The third-order valence-corrected chi connectivity index (χ3v) is 3.21. The van der Waals surface area contributed by atoms with E-state index in [0.717, 1.165) is 12.0 Å². The van der Waals surface area contributed by atoms with Gasteiger partial charge in [0.2, 0.25) is 0 Å².